The number of ether oxygens (including phenoxy) is 1. The van der Waals surface area contributed by atoms with Crippen LogP contribution >= 0.6 is 23.1 Å². The van der Waals surface area contributed by atoms with Gasteiger partial charge in [0.2, 0.25) is 5.91 Å². The third-order valence-corrected chi connectivity index (χ3v) is 6.03. The molecule has 11 heteroatoms. The second-order valence-electron chi connectivity index (χ2n) is 5.83. The zero-order valence-electron chi connectivity index (χ0n) is 16.7. The van der Waals surface area contributed by atoms with Crippen LogP contribution in [0.5, 0.6) is 0 Å². The van der Waals surface area contributed by atoms with Crippen LogP contribution in [0.15, 0.2) is 17.8 Å². The quantitative estimate of drug-likeness (QED) is 0.352. The molecule has 0 radical (unpaired) electrons. The number of aryl methyl sites for hydroxylation is 1. The average molecular weight is 438 g/mol. The first-order valence-corrected chi connectivity index (χ1v) is 10.6. The van der Waals surface area contributed by atoms with Gasteiger partial charge >= 0.3 is 5.97 Å². The molecule has 2 aromatic rings. The summed E-state index contributed by atoms with van der Waals surface area (Å²) in [6.07, 6.45) is 1.72. The summed E-state index contributed by atoms with van der Waals surface area (Å²) < 4.78 is 6.92. The molecule has 0 bridgehead atoms. The van der Waals surface area contributed by atoms with Gasteiger partial charge in [0.25, 0.3) is 5.91 Å². The van der Waals surface area contributed by atoms with Crippen molar-refractivity contribution in [2.24, 2.45) is 0 Å². The van der Waals surface area contributed by atoms with Crippen molar-refractivity contribution in [3.05, 3.63) is 34.5 Å². The lowest BCUT2D eigenvalue weighted by Crippen LogP contribution is -2.18. The lowest BCUT2D eigenvalue weighted by Gasteiger charge is -2.07. The van der Waals surface area contributed by atoms with Crippen molar-refractivity contribution in [3.8, 4) is 0 Å². The molecule has 0 aliphatic heterocycles. The van der Waals surface area contributed by atoms with Gasteiger partial charge in [0.05, 0.1) is 22.8 Å². The van der Waals surface area contributed by atoms with E-state index in [0.717, 1.165) is 17.2 Å². The van der Waals surface area contributed by atoms with Crippen molar-refractivity contribution in [3.63, 3.8) is 0 Å². The van der Waals surface area contributed by atoms with E-state index in [4.69, 9.17) is 4.74 Å². The minimum absolute atomic E-state index is 0.0593. The molecule has 2 aromatic heterocycles. The number of nitrogens with zero attached hydrogens (tertiary/aromatic N) is 3. The van der Waals surface area contributed by atoms with E-state index < -0.39 is 5.97 Å². The van der Waals surface area contributed by atoms with E-state index in [2.05, 4.69) is 27.4 Å². The van der Waals surface area contributed by atoms with Gasteiger partial charge in [-0.1, -0.05) is 17.8 Å². The monoisotopic (exact) mass is 437 g/mol. The van der Waals surface area contributed by atoms with Crippen molar-refractivity contribution < 1.29 is 19.1 Å². The Morgan fingerprint density at radius 1 is 1.31 bits per heavy atom. The number of esters is 1. The molecule has 0 saturated heterocycles. The van der Waals surface area contributed by atoms with Crippen LogP contribution in [0.3, 0.4) is 0 Å². The Balaban J connectivity index is 2.19. The van der Waals surface area contributed by atoms with Gasteiger partial charge in [-0.05, 0) is 26.3 Å². The molecule has 156 valence electrons. The number of carbonyl (C=O) groups excluding carboxylic acids is 3. The number of anilines is 1. The minimum Gasteiger partial charge on any atom is -0.462 e. The maximum atomic E-state index is 12.5. The van der Waals surface area contributed by atoms with Crippen LogP contribution in [-0.4, -0.2) is 52.0 Å². The van der Waals surface area contributed by atoms with Gasteiger partial charge < -0.3 is 19.9 Å². The molecule has 0 aromatic carbocycles. The maximum absolute atomic E-state index is 12.5. The van der Waals surface area contributed by atoms with Crippen LogP contribution in [0.25, 0.3) is 0 Å². The molecule has 2 N–H and O–H groups in total. The van der Waals surface area contributed by atoms with Crippen molar-refractivity contribution in [2.45, 2.75) is 32.5 Å². The molecule has 0 fully saturated rings. The molecule has 0 atom stereocenters. The third-order valence-electron chi connectivity index (χ3n) is 3.86. The largest absolute Gasteiger partial charge is 0.462 e. The first-order valence-electron chi connectivity index (χ1n) is 8.79. The molecule has 2 heterocycles. The van der Waals surface area contributed by atoms with Gasteiger partial charge in [-0.3, -0.25) is 9.59 Å². The lowest BCUT2D eigenvalue weighted by molar-refractivity contribution is -0.113. The van der Waals surface area contributed by atoms with Crippen molar-refractivity contribution in [1.82, 2.24) is 20.1 Å². The maximum Gasteiger partial charge on any atom is 0.341 e. The SMILES string of the molecule is C=CCn1c(C)nnc1SCC(=O)Nc1sc(C(=O)NC)c(C)c1C(=O)OCC. The minimum atomic E-state index is -0.583. The summed E-state index contributed by atoms with van der Waals surface area (Å²) in [5, 5.41) is 14.2. The fraction of sp³-hybridized carbons (Fsp3) is 0.389. The zero-order chi connectivity index (χ0) is 21.6. The highest BCUT2D eigenvalue weighted by atomic mass is 32.2. The molecule has 2 amide bonds. The number of allylic oxidation sites excluding steroid dienone is 1. The Morgan fingerprint density at radius 3 is 2.66 bits per heavy atom. The summed E-state index contributed by atoms with van der Waals surface area (Å²) in [5.74, 6) is -0.469. The fourth-order valence-corrected chi connectivity index (χ4v) is 4.43. The van der Waals surface area contributed by atoms with E-state index >= 15 is 0 Å². The number of nitrogens with one attached hydrogen (secondary N) is 2. The van der Waals surface area contributed by atoms with Gasteiger partial charge in [0, 0.05) is 13.6 Å². The first kappa shape index (κ1) is 22.6. The number of thioether (sulfide) groups is 1. The molecule has 0 unspecified atom stereocenters. The average Bonchev–Trinajstić information content (AvgIpc) is 3.20. The predicted octanol–water partition coefficient (Wildman–Crippen LogP) is 2.41. The predicted molar refractivity (Wildman–Crippen MR) is 113 cm³/mol. The van der Waals surface area contributed by atoms with Gasteiger partial charge in [-0.2, -0.15) is 0 Å². The van der Waals surface area contributed by atoms with Crippen LogP contribution in [-0.2, 0) is 16.1 Å². The standard InChI is InChI=1S/C18H23N5O4S2/c1-6-8-23-11(4)21-22-18(23)28-9-12(24)20-16-13(17(26)27-7-2)10(3)14(29-16)15(25)19-5/h6H,1,7-9H2,2-5H3,(H,19,25)(H,20,24). The van der Waals surface area contributed by atoms with Crippen LogP contribution in [0.4, 0.5) is 5.00 Å². The van der Waals surface area contributed by atoms with Gasteiger partial charge in [-0.15, -0.1) is 28.1 Å². The number of thiophene rings is 1. The highest BCUT2D eigenvalue weighted by Gasteiger charge is 2.26. The number of hydrogen-bond donors (Lipinski definition) is 2. The summed E-state index contributed by atoms with van der Waals surface area (Å²) in [4.78, 5) is 37.3. The molecular formula is C18H23N5O4S2. The molecular weight excluding hydrogens is 414 g/mol. The number of aromatic nitrogens is 3. The summed E-state index contributed by atoms with van der Waals surface area (Å²) in [7, 11) is 1.50. The second-order valence-corrected chi connectivity index (χ2v) is 7.79. The number of carbonyl (C=O) groups is 3. The van der Waals surface area contributed by atoms with E-state index in [-0.39, 0.29) is 34.7 Å². The highest BCUT2D eigenvalue weighted by Crippen LogP contribution is 2.34. The molecule has 0 aliphatic carbocycles. The summed E-state index contributed by atoms with van der Waals surface area (Å²) in [6.45, 7) is 9.59. The van der Waals surface area contributed by atoms with E-state index in [1.165, 1.54) is 18.8 Å². The molecule has 2 rings (SSSR count). The van der Waals surface area contributed by atoms with Gasteiger partial charge in [-0.25, -0.2) is 4.79 Å². The molecule has 0 aliphatic rings. The number of rotatable bonds is 9. The summed E-state index contributed by atoms with van der Waals surface area (Å²) >= 11 is 2.26. The molecule has 29 heavy (non-hydrogen) atoms. The van der Waals surface area contributed by atoms with Crippen LogP contribution in [0, 0.1) is 13.8 Å². The summed E-state index contributed by atoms with van der Waals surface area (Å²) in [5.41, 5.74) is 0.663. The first-order chi connectivity index (χ1) is 13.8. The van der Waals surface area contributed by atoms with E-state index in [1.807, 2.05) is 11.5 Å². The van der Waals surface area contributed by atoms with Gasteiger partial charge in [0.1, 0.15) is 10.8 Å². The lowest BCUT2D eigenvalue weighted by atomic mass is 10.1. The highest BCUT2D eigenvalue weighted by molar-refractivity contribution is 7.99. The van der Waals surface area contributed by atoms with Crippen LogP contribution < -0.4 is 10.6 Å². The topological polar surface area (TPSA) is 115 Å². The van der Waals surface area contributed by atoms with E-state index in [0.29, 0.717) is 22.1 Å². The number of amides is 2. The summed E-state index contributed by atoms with van der Waals surface area (Å²) in [6, 6.07) is 0. The van der Waals surface area contributed by atoms with E-state index in [9.17, 15) is 14.4 Å². The Kier molecular flexibility index (Phi) is 7.97. The van der Waals surface area contributed by atoms with E-state index in [1.54, 1.807) is 19.9 Å². The Hall–Kier alpha value is -2.66. The van der Waals surface area contributed by atoms with Crippen molar-refractivity contribution in [1.29, 1.82) is 0 Å². The smallest absolute Gasteiger partial charge is 0.341 e. The van der Waals surface area contributed by atoms with Crippen molar-refractivity contribution in [2.75, 3.05) is 24.7 Å². The van der Waals surface area contributed by atoms with Gasteiger partial charge in [0.15, 0.2) is 5.16 Å². The fourth-order valence-electron chi connectivity index (χ4n) is 2.48. The number of hydrogen-bond acceptors (Lipinski definition) is 8. The zero-order valence-corrected chi connectivity index (χ0v) is 18.3. The third kappa shape index (κ3) is 5.24. The Bertz CT molecular complexity index is 935. The molecule has 0 saturated carbocycles. The Labute approximate surface area is 176 Å². The molecule has 0 spiro atoms. The second kappa shape index (κ2) is 10.2. The normalized spacial score (nSPS) is 10.5. The Morgan fingerprint density at radius 2 is 2.03 bits per heavy atom. The van der Waals surface area contributed by atoms with Crippen LogP contribution in [0.2, 0.25) is 0 Å². The molecule has 9 nitrogen and oxygen atoms in total. The van der Waals surface area contributed by atoms with Crippen molar-refractivity contribution >= 4 is 45.9 Å². The van der Waals surface area contributed by atoms with Crippen LogP contribution in [0.1, 0.15) is 38.3 Å².